The highest BCUT2D eigenvalue weighted by Gasteiger charge is 2.36. The molecule has 14 heavy (non-hydrogen) atoms. The van der Waals surface area contributed by atoms with Gasteiger partial charge in [-0.25, -0.2) is 0 Å². The lowest BCUT2D eigenvalue weighted by Crippen LogP contribution is -2.31. The van der Waals surface area contributed by atoms with Gasteiger partial charge in [0, 0.05) is 6.92 Å². The van der Waals surface area contributed by atoms with Crippen molar-refractivity contribution in [1.29, 1.82) is 0 Å². The second kappa shape index (κ2) is 5.38. The number of carbonyl (C=O) groups excluding carboxylic acids is 1. The zero-order valence-corrected chi connectivity index (χ0v) is 9.47. The number of rotatable bonds is 5. The Morgan fingerprint density at radius 3 is 2.43 bits per heavy atom. The minimum Gasteiger partial charge on any atom is -0.459 e. The first kappa shape index (κ1) is 11.5. The van der Waals surface area contributed by atoms with E-state index in [0.29, 0.717) is 0 Å². The van der Waals surface area contributed by atoms with E-state index in [1.807, 2.05) is 0 Å². The van der Waals surface area contributed by atoms with Gasteiger partial charge in [0.15, 0.2) is 0 Å². The fraction of sp³-hybridized carbons (Fsp3) is 0.917. The van der Waals surface area contributed by atoms with Gasteiger partial charge in [-0.15, -0.1) is 0 Å². The summed E-state index contributed by atoms with van der Waals surface area (Å²) in [6.45, 7) is 3.73. The Bertz CT molecular complexity index is 181. The van der Waals surface area contributed by atoms with Crippen LogP contribution in [0.15, 0.2) is 0 Å². The Kier molecular flexibility index (Phi) is 4.43. The van der Waals surface area contributed by atoms with Crippen molar-refractivity contribution >= 4 is 5.97 Å². The predicted molar refractivity (Wildman–Crippen MR) is 57.1 cm³/mol. The van der Waals surface area contributed by atoms with Crippen LogP contribution in [0.1, 0.15) is 65.2 Å². The Morgan fingerprint density at radius 1 is 1.29 bits per heavy atom. The number of esters is 1. The van der Waals surface area contributed by atoms with E-state index in [1.165, 1.54) is 39.0 Å². The van der Waals surface area contributed by atoms with Crippen molar-refractivity contribution in [2.75, 3.05) is 0 Å². The van der Waals surface area contributed by atoms with Crippen LogP contribution >= 0.6 is 0 Å². The quantitative estimate of drug-likeness (QED) is 0.499. The third-order valence-corrected chi connectivity index (χ3v) is 3.11. The van der Waals surface area contributed by atoms with Gasteiger partial charge in [0.2, 0.25) is 0 Å². The van der Waals surface area contributed by atoms with Crippen LogP contribution in [0, 0.1) is 0 Å². The molecule has 0 amide bonds. The van der Waals surface area contributed by atoms with Crippen LogP contribution in [0.2, 0.25) is 0 Å². The van der Waals surface area contributed by atoms with Crippen LogP contribution in [0.25, 0.3) is 0 Å². The van der Waals surface area contributed by atoms with Gasteiger partial charge < -0.3 is 4.74 Å². The van der Waals surface area contributed by atoms with Crippen LogP contribution in [-0.2, 0) is 9.53 Å². The van der Waals surface area contributed by atoms with Gasteiger partial charge in [0.05, 0.1) is 0 Å². The summed E-state index contributed by atoms with van der Waals surface area (Å²) in [7, 11) is 0. The number of hydrogen-bond donors (Lipinski definition) is 0. The fourth-order valence-corrected chi connectivity index (χ4v) is 2.42. The first-order valence-corrected chi connectivity index (χ1v) is 5.88. The Hall–Kier alpha value is -0.530. The molecule has 0 N–H and O–H groups in total. The third kappa shape index (κ3) is 3.32. The summed E-state index contributed by atoms with van der Waals surface area (Å²) in [6, 6.07) is 0. The molecule has 0 radical (unpaired) electrons. The number of unbranched alkanes of at least 4 members (excludes halogenated alkanes) is 2. The van der Waals surface area contributed by atoms with Gasteiger partial charge in [-0.1, -0.05) is 19.8 Å². The summed E-state index contributed by atoms with van der Waals surface area (Å²) in [5.41, 5.74) is -0.0823. The molecule has 2 heteroatoms. The van der Waals surface area contributed by atoms with Gasteiger partial charge in [-0.2, -0.15) is 0 Å². The molecule has 0 unspecified atom stereocenters. The number of ether oxygens (including phenoxy) is 1. The second-order valence-electron chi connectivity index (χ2n) is 4.44. The molecule has 0 aromatic rings. The van der Waals surface area contributed by atoms with Crippen molar-refractivity contribution < 1.29 is 9.53 Å². The van der Waals surface area contributed by atoms with Crippen molar-refractivity contribution in [2.24, 2.45) is 0 Å². The molecule has 0 spiro atoms. The van der Waals surface area contributed by atoms with Crippen LogP contribution in [-0.4, -0.2) is 11.6 Å². The lowest BCUT2D eigenvalue weighted by Gasteiger charge is -2.28. The highest BCUT2D eigenvalue weighted by Crippen LogP contribution is 2.37. The number of hydrogen-bond acceptors (Lipinski definition) is 2. The smallest absolute Gasteiger partial charge is 0.303 e. The van der Waals surface area contributed by atoms with E-state index in [1.54, 1.807) is 0 Å². The maximum atomic E-state index is 11.0. The third-order valence-electron chi connectivity index (χ3n) is 3.11. The highest BCUT2D eigenvalue weighted by molar-refractivity contribution is 5.66. The van der Waals surface area contributed by atoms with Gasteiger partial charge in [-0.3, -0.25) is 4.79 Å². The number of carbonyl (C=O) groups is 1. The molecule has 1 fully saturated rings. The molecule has 0 saturated heterocycles. The Morgan fingerprint density at radius 2 is 1.93 bits per heavy atom. The van der Waals surface area contributed by atoms with E-state index >= 15 is 0 Å². The first-order valence-electron chi connectivity index (χ1n) is 5.88. The summed E-state index contributed by atoms with van der Waals surface area (Å²) in [5.74, 6) is -0.108. The molecule has 1 rings (SSSR count). The van der Waals surface area contributed by atoms with Gasteiger partial charge in [0.25, 0.3) is 0 Å². The lowest BCUT2D eigenvalue weighted by molar-refractivity contribution is -0.157. The molecule has 0 atom stereocenters. The summed E-state index contributed by atoms with van der Waals surface area (Å²) in [4.78, 5) is 11.0. The highest BCUT2D eigenvalue weighted by atomic mass is 16.6. The predicted octanol–water partition coefficient (Wildman–Crippen LogP) is 3.44. The monoisotopic (exact) mass is 198 g/mol. The van der Waals surface area contributed by atoms with Gasteiger partial charge >= 0.3 is 5.97 Å². The van der Waals surface area contributed by atoms with E-state index in [4.69, 9.17) is 4.74 Å². The summed E-state index contributed by atoms with van der Waals surface area (Å²) in [6.07, 6.45) is 9.36. The average molecular weight is 198 g/mol. The molecular weight excluding hydrogens is 176 g/mol. The molecule has 1 aliphatic rings. The molecule has 0 heterocycles. The maximum Gasteiger partial charge on any atom is 0.303 e. The van der Waals surface area contributed by atoms with Gasteiger partial charge in [0.1, 0.15) is 5.60 Å². The van der Waals surface area contributed by atoms with Crippen molar-refractivity contribution in [2.45, 2.75) is 70.8 Å². The minimum atomic E-state index is -0.108. The largest absolute Gasteiger partial charge is 0.459 e. The molecule has 1 saturated carbocycles. The van der Waals surface area contributed by atoms with E-state index < -0.39 is 0 Å². The standard InChI is InChI=1S/C12H22O2/c1-3-4-5-8-12(14-11(2)13)9-6-7-10-12/h3-10H2,1-2H3. The minimum absolute atomic E-state index is 0.0823. The molecule has 82 valence electrons. The van der Waals surface area contributed by atoms with Crippen LogP contribution in [0.4, 0.5) is 0 Å². The van der Waals surface area contributed by atoms with E-state index in [2.05, 4.69) is 6.92 Å². The molecule has 0 aliphatic heterocycles. The van der Waals surface area contributed by atoms with E-state index in [9.17, 15) is 4.79 Å². The molecule has 0 aromatic carbocycles. The second-order valence-corrected chi connectivity index (χ2v) is 4.44. The summed E-state index contributed by atoms with van der Waals surface area (Å²) >= 11 is 0. The zero-order chi connectivity index (χ0) is 10.4. The van der Waals surface area contributed by atoms with Crippen LogP contribution < -0.4 is 0 Å². The molecule has 1 aliphatic carbocycles. The van der Waals surface area contributed by atoms with Crippen LogP contribution in [0.3, 0.4) is 0 Å². The lowest BCUT2D eigenvalue weighted by atomic mass is 9.94. The maximum absolute atomic E-state index is 11.0. The van der Waals surface area contributed by atoms with Gasteiger partial charge in [-0.05, 0) is 38.5 Å². The van der Waals surface area contributed by atoms with E-state index in [0.717, 1.165) is 19.3 Å². The SMILES string of the molecule is CCCCCC1(OC(C)=O)CCCC1. The summed E-state index contributed by atoms with van der Waals surface area (Å²) < 4.78 is 5.51. The van der Waals surface area contributed by atoms with Crippen molar-refractivity contribution in [1.82, 2.24) is 0 Å². The van der Waals surface area contributed by atoms with E-state index in [-0.39, 0.29) is 11.6 Å². The topological polar surface area (TPSA) is 26.3 Å². The normalized spacial score (nSPS) is 19.6. The Balaban J connectivity index is 2.40. The molecular formula is C12H22O2. The fourth-order valence-electron chi connectivity index (χ4n) is 2.42. The van der Waals surface area contributed by atoms with Crippen molar-refractivity contribution in [3.05, 3.63) is 0 Å². The molecule has 2 nitrogen and oxygen atoms in total. The molecule has 0 bridgehead atoms. The van der Waals surface area contributed by atoms with Crippen molar-refractivity contribution in [3.63, 3.8) is 0 Å². The Labute approximate surface area is 87.0 Å². The molecule has 0 aromatic heterocycles. The average Bonchev–Trinajstić information content (AvgIpc) is 2.53. The summed E-state index contributed by atoms with van der Waals surface area (Å²) in [5, 5.41) is 0. The first-order chi connectivity index (χ1) is 6.68. The zero-order valence-electron chi connectivity index (χ0n) is 9.47. The van der Waals surface area contributed by atoms with Crippen molar-refractivity contribution in [3.8, 4) is 0 Å². The van der Waals surface area contributed by atoms with Crippen LogP contribution in [0.5, 0.6) is 0 Å².